The van der Waals surface area contributed by atoms with Crippen LogP contribution in [0.2, 0.25) is 0 Å². The molecule has 1 aromatic heterocycles. The summed E-state index contributed by atoms with van der Waals surface area (Å²) in [6, 6.07) is 11.8. The molecule has 0 fully saturated rings. The van der Waals surface area contributed by atoms with E-state index in [0.29, 0.717) is 46.1 Å². The van der Waals surface area contributed by atoms with Gasteiger partial charge >= 0.3 is 11.6 Å². The standard InChI is InChI=1S/C32H34O9/c1-6-7-8-9-16-39-24-14-10-20(17-26(24)35-2)11-15-28(33)40-21-12-13-22-25(18-21)41-32(34)23-19-27(36-3)30(37-4)31(38-5)29(22)23/h10-15,17-19H,6-9,16H2,1-5H3/b15-11+. The summed E-state index contributed by atoms with van der Waals surface area (Å²) in [6.45, 7) is 2.79. The van der Waals surface area contributed by atoms with Crippen molar-refractivity contribution in [2.75, 3.05) is 35.0 Å². The van der Waals surface area contributed by atoms with E-state index < -0.39 is 11.6 Å². The number of carbonyl (C=O) groups excluding carboxylic acids is 1. The molecule has 0 amide bonds. The first-order chi connectivity index (χ1) is 19.9. The zero-order valence-electron chi connectivity index (χ0n) is 23.9. The van der Waals surface area contributed by atoms with E-state index in [-0.39, 0.29) is 16.7 Å². The van der Waals surface area contributed by atoms with Crippen molar-refractivity contribution in [1.82, 2.24) is 0 Å². The second-order valence-corrected chi connectivity index (χ2v) is 9.19. The van der Waals surface area contributed by atoms with Crippen LogP contribution in [0.3, 0.4) is 0 Å². The topological polar surface area (TPSA) is 103 Å². The largest absolute Gasteiger partial charge is 0.493 e. The predicted octanol–water partition coefficient (Wildman–Crippen LogP) is 6.56. The van der Waals surface area contributed by atoms with Crippen LogP contribution < -0.4 is 34.0 Å². The van der Waals surface area contributed by atoms with Crippen LogP contribution >= 0.6 is 0 Å². The Kier molecular flexibility index (Phi) is 9.73. The fourth-order valence-electron chi connectivity index (χ4n) is 4.53. The highest BCUT2D eigenvalue weighted by atomic mass is 16.5. The number of benzene rings is 3. The van der Waals surface area contributed by atoms with E-state index in [1.165, 1.54) is 46.3 Å². The summed E-state index contributed by atoms with van der Waals surface area (Å²) in [5, 5.41) is 1.34. The van der Waals surface area contributed by atoms with Crippen LogP contribution in [0.5, 0.6) is 34.5 Å². The monoisotopic (exact) mass is 562 g/mol. The number of esters is 1. The Morgan fingerprint density at radius 1 is 0.805 bits per heavy atom. The molecule has 0 bridgehead atoms. The van der Waals surface area contributed by atoms with Gasteiger partial charge in [-0.05, 0) is 48.4 Å². The minimum absolute atomic E-state index is 0.207. The lowest BCUT2D eigenvalue weighted by Gasteiger charge is -2.15. The summed E-state index contributed by atoms with van der Waals surface area (Å²) >= 11 is 0. The van der Waals surface area contributed by atoms with Gasteiger partial charge in [-0.25, -0.2) is 9.59 Å². The molecule has 0 saturated carbocycles. The summed E-state index contributed by atoms with van der Waals surface area (Å²) in [5.74, 6) is 1.85. The fourth-order valence-corrected chi connectivity index (χ4v) is 4.53. The van der Waals surface area contributed by atoms with Crippen LogP contribution in [-0.2, 0) is 4.79 Å². The van der Waals surface area contributed by atoms with Gasteiger partial charge in [0.1, 0.15) is 11.3 Å². The Hall–Kier alpha value is -4.66. The van der Waals surface area contributed by atoms with Crippen molar-refractivity contribution in [1.29, 1.82) is 0 Å². The van der Waals surface area contributed by atoms with Crippen molar-refractivity contribution < 1.29 is 37.6 Å². The number of ether oxygens (including phenoxy) is 6. The molecule has 1 heterocycles. The number of hydrogen-bond donors (Lipinski definition) is 0. The van der Waals surface area contributed by atoms with Gasteiger partial charge < -0.3 is 32.8 Å². The smallest absolute Gasteiger partial charge is 0.344 e. The first kappa shape index (κ1) is 29.3. The summed E-state index contributed by atoms with van der Waals surface area (Å²) in [5.41, 5.74) is 0.361. The first-order valence-corrected chi connectivity index (χ1v) is 13.3. The molecule has 0 aliphatic heterocycles. The highest BCUT2D eigenvalue weighted by Gasteiger charge is 2.21. The first-order valence-electron chi connectivity index (χ1n) is 13.3. The van der Waals surface area contributed by atoms with Crippen molar-refractivity contribution in [3.8, 4) is 34.5 Å². The molecule has 4 aromatic rings. The van der Waals surface area contributed by atoms with E-state index in [0.717, 1.165) is 18.4 Å². The van der Waals surface area contributed by atoms with Gasteiger partial charge in [-0.1, -0.05) is 32.3 Å². The zero-order chi connectivity index (χ0) is 29.4. The summed E-state index contributed by atoms with van der Waals surface area (Å²) in [6.07, 6.45) is 7.39. The number of fused-ring (bicyclic) bond motifs is 3. The highest BCUT2D eigenvalue weighted by Crippen LogP contribution is 2.45. The summed E-state index contributed by atoms with van der Waals surface area (Å²) in [7, 11) is 6.00. The fraction of sp³-hybridized carbons (Fsp3) is 0.312. The lowest BCUT2D eigenvalue weighted by atomic mass is 10.0. The maximum absolute atomic E-state index is 12.8. The molecule has 0 radical (unpaired) electrons. The molecule has 0 N–H and O–H groups in total. The van der Waals surface area contributed by atoms with Gasteiger partial charge in [0.05, 0.1) is 40.4 Å². The number of hydrogen-bond acceptors (Lipinski definition) is 9. The minimum atomic E-state index is -0.605. The van der Waals surface area contributed by atoms with Crippen molar-refractivity contribution in [2.45, 2.75) is 32.6 Å². The Morgan fingerprint density at radius 2 is 1.59 bits per heavy atom. The van der Waals surface area contributed by atoms with Crippen LogP contribution in [0.25, 0.3) is 27.8 Å². The molecule has 41 heavy (non-hydrogen) atoms. The van der Waals surface area contributed by atoms with E-state index in [9.17, 15) is 9.59 Å². The van der Waals surface area contributed by atoms with Gasteiger partial charge in [0.25, 0.3) is 0 Å². The van der Waals surface area contributed by atoms with E-state index in [1.807, 2.05) is 12.1 Å². The molecule has 0 atom stereocenters. The Morgan fingerprint density at radius 3 is 2.29 bits per heavy atom. The maximum atomic E-state index is 12.8. The molecule has 0 aliphatic rings. The quantitative estimate of drug-likeness (QED) is 0.0448. The average Bonchev–Trinajstić information content (AvgIpc) is 2.99. The van der Waals surface area contributed by atoms with Crippen LogP contribution in [0.1, 0.15) is 38.2 Å². The Balaban J connectivity index is 1.53. The molecule has 4 rings (SSSR count). The lowest BCUT2D eigenvalue weighted by Crippen LogP contribution is -2.05. The Bertz CT molecular complexity index is 1620. The van der Waals surface area contributed by atoms with Crippen LogP contribution in [-0.4, -0.2) is 41.0 Å². The second-order valence-electron chi connectivity index (χ2n) is 9.19. The van der Waals surface area contributed by atoms with Crippen molar-refractivity contribution in [3.63, 3.8) is 0 Å². The van der Waals surface area contributed by atoms with E-state index in [1.54, 1.807) is 37.5 Å². The number of rotatable bonds is 13. The van der Waals surface area contributed by atoms with E-state index in [4.69, 9.17) is 32.8 Å². The van der Waals surface area contributed by atoms with Crippen LogP contribution in [0.4, 0.5) is 0 Å². The SMILES string of the molecule is CCCCCCOc1ccc(/C=C/C(=O)Oc2ccc3c(c2)oc(=O)c2cc(OC)c(OC)c(OC)c23)cc1OC. The molecule has 9 heteroatoms. The number of unbranched alkanes of at least 4 members (excludes halogenated alkanes) is 3. The van der Waals surface area contributed by atoms with Gasteiger partial charge in [-0.3, -0.25) is 0 Å². The van der Waals surface area contributed by atoms with Gasteiger partial charge in [0, 0.05) is 22.9 Å². The summed E-state index contributed by atoms with van der Waals surface area (Å²) < 4.78 is 38.7. The third-order valence-corrected chi connectivity index (χ3v) is 6.55. The number of carbonyl (C=O) groups is 1. The third kappa shape index (κ3) is 6.57. The molecule has 0 aliphatic carbocycles. The zero-order valence-corrected chi connectivity index (χ0v) is 23.9. The predicted molar refractivity (Wildman–Crippen MR) is 157 cm³/mol. The van der Waals surface area contributed by atoms with Crippen molar-refractivity contribution in [3.05, 3.63) is 64.5 Å². The normalized spacial score (nSPS) is 11.1. The molecule has 216 valence electrons. The third-order valence-electron chi connectivity index (χ3n) is 6.55. The molecule has 0 unspecified atom stereocenters. The van der Waals surface area contributed by atoms with E-state index >= 15 is 0 Å². The molecule has 9 nitrogen and oxygen atoms in total. The number of methoxy groups -OCH3 is 4. The molecule has 0 spiro atoms. The molecule has 3 aromatic carbocycles. The molecular weight excluding hydrogens is 528 g/mol. The average molecular weight is 563 g/mol. The van der Waals surface area contributed by atoms with Crippen LogP contribution in [0, 0.1) is 0 Å². The van der Waals surface area contributed by atoms with Crippen molar-refractivity contribution >= 4 is 33.8 Å². The van der Waals surface area contributed by atoms with Crippen LogP contribution in [0.15, 0.2) is 57.8 Å². The lowest BCUT2D eigenvalue weighted by molar-refractivity contribution is -0.128. The van der Waals surface area contributed by atoms with Gasteiger partial charge in [-0.15, -0.1) is 0 Å². The molecule has 0 saturated heterocycles. The molecular formula is C32H34O9. The second kappa shape index (κ2) is 13.6. The van der Waals surface area contributed by atoms with E-state index in [2.05, 4.69) is 6.92 Å². The summed E-state index contributed by atoms with van der Waals surface area (Å²) in [4.78, 5) is 25.4. The highest BCUT2D eigenvalue weighted by molar-refractivity contribution is 6.10. The minimum Gasteiger partial charge on any atom is -0.493 e. The Labute approximate surface area is 238 Å². The van der Waals surface area contributed by atoms with Gasteiger partial charge in [-0.2, -0.15) is 0 Å². The van der Waals surface area contributed by atoms with Gasteiger partial charge in [0.15, 0.2) is 23.0 Å². The van der Waals surface area contributed by atoms with Crippen molar-refractivity contribution in [2.24, 2.45) is 0 Å². The maximum Gasteiger partial charge on any atom is 0.344 e. The van der Waals surface area contributed by atoms with Gasteiger partial charge in [0.2, 0.25) is 5.75 Å².